The van der Waals surface area contributed by atoms with Crippen molar-refractivity contribution < 1.29 is 4.74 Å². The molecule has 6 nitrogen and oxygen atoms in total. The lowest BCUT2D eigenvalue weighted by atomic mass is 10.1. The number of hydrogen-bond donors (Lipinski definition) is 3. The van der Waals surface area contributed by atoms with Gasteiger partial charge in [-0.15, -0.1) is 0 Å². The minimum absolute atomic E-state index is 0.159. The fourth-order valence-corrected chi connectivity index (χ4v) is 2.93. The van der Waals surface area contributed by atoms with E-state index in [-0.39, 0.29) is 5.56 Å². The van der Waals surface area contributed by atoms with Crippen LogP contribution in [0.5, 0.6) is 5.75 Å². The first-order valence-electron chi connectivity index (χ1n) is 7.52. The average Bonchev–Trinajstić information content (AvgIpc) is 3.14. The normalized spacial score (nSPS) is 12.3. The molecule has 0 amide bonds. The van der Waals surface area contributed by atoms with E-state index in [0.717, 1.165) is 38.7 Å². The van der Waals surface area contributed by atoms with Crippen molar-refractivity contribution in [3.63, 3.8) is 0 Å². The summed E-state index contributed by atoms with van der Waals surface area (Å²) in [7, 11) is 1.60. The summed E-state index contributed by atoms with van der Waals surface area (Å²) in [4.78, 5) is 26.3. The summed E-state index contributed by atoms with van der Waals surface area (Å²) in [6.07, 6.45) is 3.56. The lowest BCUT2D eigenvalue weighted by molar-refractivity contribution is 0.414. The number of aromatic amines is 3. The predicted molar refractivity (Wildman–Crippen MR) is 94.6 cm³/mol. The first-order chi connectivity index (χ1) is 11.6. The Bertz CT molecular complexity index is 1240. The molecule has 0 saturated heterocycles. The Labute approximate surface area is 136 Å². The van der Waals surface area contributed by atoms with Gasteiger partial charge >= 0.3 is 0 Å². The molecule has 3 N–H and O–H groups in total. The van der Waals surface area contributed by atoms with Crippen molar-refractivity contribution in [1.29, 1.82) is 0 Å². The highest BCUT2D eigenvalue weighted by atomic mass is 16.5. The van der Waals surface area contributed by atoms with E-state index in [4.69, 9.17) is 4.74 Å². The number of H-pyrrole nitrogens is 3. The summed E-state index contributed by atoms with van der Waals surface area (Å²) in [6, 6.07) is 5.56. The number of methoxy groups -OCH3 is 1. The molecule has 3 heterocycles. The molecule has 4 aromatic rings. The van der Waals surface area contributed by atoms with Gasteiger partial charge in [-0.05, 0) is 31.2 Å². The second-order valence-corrected chi connectivity index (χ2v) is 5.65. The average molecular weight is 320 g/mol. The fraction of sp³-hybridized carbons (Fsp3) is 0.111. The van der Waals surface area contributed by atoms with E-state index in [1.54, 1.807) is 19.4 Å². The summed E-state index contributed by atoms with van der Waals surface area (Å²) < 4.78 is 5.30. The smallest absolute Gasteiger partial charge is 0.256 e. The quantitative estimate of drug-likeness (QED) is 0.520. The number of rotatable bonds is 2. The maximum absolute atomic E-state index is 12.5. The number of fused-ring (bicyclic) bond motifs is 3. The van der Waals surface area contributed by atoms with Gasteiger partial charge in [0.15, 0.2) is 0 Å². The number of ether oxygens (including phenoxy) is 1. The minimum atomic E-state index is -0.159. The van der Waals surface area contributed by atoms with Crippen molar-refractivity contribution in [2.45, 2.75) is 6.92 Å². The van der Waals surface area contributed by atoms with Gasteiger partial charge in [-0.25, -0.2) is 4.98 Å². The van der Waals surface area contributed by atoms with Gasteiger partial charge in [0, 0.05) is 11.6 Å². The van der Waals surface area contributed by atoms with E-state index in [1.165, 1.54) is 0 Å². The van der Waals surface area contributed by atoms with E-state index in [0.29, 0.717) is 11.0 Å². The molecule has 1 aromatic carbocycles. The summed E-state index contributed by atoms with van der Waals surface area (Å²) in [5, 5.41) is 2.08. The van der Waals surface area contributed by atoms with E-state index in [2.05, 4.69) is 26.5 Å². The Kier molecular flexibility index (Phi) is 3.06. The Balaban J connectivity index is 2.18. The first kappa shape index (κ1) is 14.3. The van der Waals surface area contributed by atoms with Gasteiger partial charge in [0.2, 0.25) is 0 Å². The molecular formula is C18H16N4O2. The topological polar surface area (TPSA) is 86.6 Å². The Morgan fingerprint density at radius 2 is 2.08 bits per heavy atom. The molecule has 24 heavy (non-hydrogen) atoms. The number of benzene rings is 1. The molecule has 120 valence electrons. The van der Waals surface area contributed by atoms with Gasteiger partial charge in [-0.1, -0.05) is 6.58 Å². The second-order valence-electron chi connectivity index (χ2n) is 5.65. The SMILES string of the molecule is C=c1[nH]c2c(ccc3[nH]c(=O)c(=Cc4[nH]ccc4OC)c32)nc1C. The molecule has 6 heteroatoms. The van der Waals surface area contributed by atoms with Gasteiger partial charge in [0.1, 0.15) is 5.75 Å². The van der Waals surface area contributed by atoms with Crippen LogP contribution in [-0.4, -0.2) is 27.0 Å². The zero-order valence-corrected chi connectivity index (χ0v) is 13.4. The maximum Gasteiger partial charge on any atom is 0.256 e. The zero-order valence-electron chi connectivity index (χ0n) is 13.4. The summed E-state index contributed by atoms with van der Waals surface area (Å²) in [5.41, 5.74) is 3.75. The van der Waals surface area contributed by atoms with Gasteiger partial charge in [0.05, 0.1) is 45.6 Å². The van der Waals surface area contributed by atoms with Crippen LogP contribution in [0.1, 0.15) is 11.4 Å². The van der Waals surface area contributed by atoms with Gasteiger partial charge in [0.25, 0.3) is 5.56 Å². The van der Waals surface area contributed by atoms with E-state index in [1.807, 2.05) is 25.1 Å². The molecule has 0 radical (unpaired) electrons. The summed E-state index contributed by atoms with van der Waals surface area (Å²) in [6.45, 7) is 5.87. The molecule has 3 aromatic heterocycles. The molecule has 4 rings (SSSR count). The van der Waals surface area contributed by atoms with Gasteiger partial charge in [-0.3, -0.25) is 4.79 Å². The van der Waals surface area contributed by atoms with Gasteiger partial charge in [-0.2, -0.15) is 0 Å². The number of hydrogen-bond acceptors (Lipinski definition) is 3. The predicted octanol–water partition coefficient (Wildman–Crippen LogP) is 1.29. The third kappa shape index (κ3) is 2.04. The Hall–Kier alpha value is -3.28. The molecule has 0 aliphatic rings. The highest BCUT2D eigenvalue weighted by molar-refractivity contribution is 6.03. The van der Waals surface area contributed by atoms with Crippen molar-refractivity contribution in [2.24, 2.45) is 0 Å². The lowest BCUT2D eigenvalue weighted by Gasteiger charge is -2.02. The van der Waals surface area contributed by atoms with Crippen LogP contribution in [0.25, 0.3) is 34.6 Å². The summed E-state index contributed by atoms with van der Waals surface area (Å²) >= 11 is 0. The zero-order chi connectivity index (χ0) is 16.8. The Morgan fingerprint density at radius 1 is 1.25 bits per heavy atom. The minimum Gasteiger partial charge on any atom is -0.495 e. The Morgan fingerprint density at radius 3 is 2.88 bits per heavy atom. The van der Waals surface area contributed by atoms with Crippen LogP contribution in [-0.2, 0) is 0 Å². The van der Waals surface area contributed by atoms with Crippen LogP contribution in [0.2, 0.25) is 0 Å². The maximum atomic E-state index is 12.5. The largest absolute Gasteiger partial charge is 0.495 e. The van der Waals surface area contributed by atoms with Crippen molar-refractivity contribution in [1.82, 2.24) is 19.9 Å². The van der Waals surface area contributed by atoms with Crippen LogP contribution in [0.4, 0.5) is 0 Å². The first-order valence-corrected chi connectivity index (χ1v) is 7.52. The van der Waals surface area contributed by atoms with Crippen LogP contribution < -0.4 is 20.9 Å². The molecule has 0 bridgehead atoms. The molecule has 0 aliphatic carbocycles. The van der Waals surface area contributed by atoms with Crippen molar-refractivity contribution >= 4 is 34.6 Å². The molecular weight excluding hydrogens is 304 g/mol. The lowest BCUT2D eigenvalue weighted by Crippen LogP contribution is -2.22. The van der Waals surface area contributed by atoms with Crippen LogP contribution >= 0.6 is 0 Å². The molecule has 0 spiro atoms. The number of aromatic nitrogens is 4. The van der Waals surface area contributed by atoms with E-state index in [9.17, 15) is 4.79 Å². The van der Waals surface area contributed by atoms with E-state index >= 15 is 0 Å². The molecule has 0 unspecified atom stereocenters. The molecule has 0 aliphatic heterocycles. The molecule has 0 saturated carbocycles. The van der Waals surface area contributed by atoms with Crippen LogP contribution in [0.15, 0.2) is 29.2 Å². The molecule has 0 fully saturated rings. The second kappa shape index (κ2) is 5.13. The third-order valence-electron chi connectivity index (χ3n) is 4.19. The third-order valence-corrected chi connectivity index (χ3v) is 4.19. The number of nitrogens with one attached hydrogen (secondary N) is 3. The number of aryl methyl sites for hydroxylation is 1. The standard InChI is InChI=1S/C18H16N4O2/c1-9-10(2)21-17-13(20-9)5-4-12-16(17)11(18(23)22-12)8-14-15(24-3)6-7-19-14/h4-8,19,21H,2H2,1,3H3,(H,22,23). The monoisotopic (exact) mass is 320 g/mol. The van der Waals surface area contributed by atoms with Crippen LogP contribution in [0, 0.1) is 6.92 Å². The number of nitrogens with zero attached hydrogens (tertiary/aromatic N) is 1. The van der Waals surface area contributed by atoms with Crippen molar-refractivity contribution in [2.75, 3.05) is 7.11 Å². The summed E-state index contributed by atoms with van der Waals surface area (Å²) in [5.74, 6) is 0.680. The van der Waals surface area contributed by atoms with E-state index < -0.39 is 0 Å². The molecule has 0 atom stereocenters. The van der Waals surface area contributed by atoms with Crippen LogP contribution in [0.3, 0.4) is 0 Å². The van der Waals surface area contributed by atoms with Gasteiger partial charge < -0.3 is 19.7 Å². The highest BCUT2D eigenvalue weighted by Gasteiger charge is 2.10. The van der Waals surface area contributed by atoms with Crippen molar-refractivity contribution in [3.8, 4) is 5.75 Å². The highest BCUT2D eigenvalue weighted by Crippen LogP contribution is 2.19. The van der Waals surface area contributed by atoms with Crippen molar-refractivity contribution in [3.05, 3.63) is 56.7 Å². The fourth-order valence-electron chi connectivity index (χ4n) is 2.93.